The zero-order valence-corrected chi connectivity index (χ0v) is 11.3. The predicted molar refractivity (Wildman–Crippen MR) is 70.0 cm³/mol. The Hall–Kier alpha value is -1.18. The molecule has 2 rings (SSSR count). The van der Waals surface area contributed by atoms with Crippen LogP contribution in [0.25, 0.3) is 0 Å². The number of hydrogen-bond donors (Lipinski definition) is 0. The fraction of sp³-hybridized carbons (Fsp3) is 0.600. The Morgan fingerprint density at radius 2 is 2.12 bits per heavy atom. The third-order valence-corrected chi connectivity index (χ3v) is 3.51. The van der Waals surface area contributed by atoms with Gasteiger partial charge in [-0.3, -0.25) is 0 Å². The molecule has 1 aromatic carbocycles. The van der Waals surface area contributed by atoms with Crippen LogP contribution in [-0.4, -0.2) is 12.2 Å². The van der Waals surface area contributed by atoms with Crippen molar-refractivity contribution in [3.8, 4) is 11.5 Å². The standard InChI is InChI=1S/C15H22O2/c1-5-15(3,4)17-13-9-8-12-7-6-10-16-14(12)11(13)2/h8-9H,5-7,10H2,1-4H3. The van der Waals surface area contributed by atoms with E-state index in [9.17, 15) is 0 Å². The van der Waals surface area contributed by atoms with Gasteiger partial charge in [-0.1, -0.05) is 13.0 Å². The second kappa shape index (κ2) is 4.59. The van der Waals surface area contributed by atoms with E-state index in [1.165, 1.54) is 5.56 Å². The van der Waals surface area contributed by atoms with Gasteiger partial charge < -0.3 is 9.47 Å². The van der Waals surface area contributed by atoms with Crippen molar-refractivity contribution >= 4 is 0 Å². The van der Waals surface area contributed by atoms with Crippen LogP contribution in [0.3, 0.4) is 0 Å². The molecule has 0 fully saturated rings. The molecule has 94 valence electrons. The number of fused-ring (bicyclic) bond motifs is 1. The molecule has 0 unspecified atom stereocenters. The van der Waals surface area contributed by atoms with Gasteiger partial charge in [0.05, 0.1) is 6.61 Å². The maximum absolute atomic E-state index is 6.07. The van der Waals surface area contributed by atoms with Gasteiger partial charge in [-0.2, -0.15) is 0 Å². The average Bonchev–Trinajstić information content (AvgIpc) is 2.33. The van der Waals surface area contributed by atoms with Gasteiger partial charge in [0.2, 0.25) is 0 Å². The minimum absolute atomic E-state index is 0.117. The van der Waals surface area contributed by atoms with Crippen molar-refractivity contribution in [2.24, 2.45) is 0 Å². The minimum Gasteiger partial charge on any atom is -0.493 e. The first-order chi connectivity index (χ1) is 8.03. The molecule has 1 aliphatic rings. The van der Waals surface area contributed by atoms with Crippen molar-refractivity contribution in [1.82, 2.24) is 0 Å². The van der Waals surface area contributed by atoms with Crippen LogP contribution in [0.4, 0.5) is 0 Å². The lowest BCUT2D eigenvalue weighted by Crippen LogP contribution is -2.27. The molecule has 0 N–H and O–H groups in total. The molecular formula is C15H22O2. The summed E-state index contributed by atoms with van der Waals surface area (Å²) in [6, 6.07) is 4.23. The van der Waals surface area contributed by atoms with Gasteiger partial charge in [-0.25, -0.2) is 0 Å². The third kappa shape index (κ3) is 2.56. The Bertz CT molecular complexity index is 408. The average molecular weight is 234 g/mol. The zero-order chi connectivity index (χ0) is 12.5. The highest BCUT2D eigenvalue weighted by Gasteiger charge is 2.21. The molecule has 0 atom stereocenters. The fourth-order valence-electron chi connectivity index (χ4n) is 2.04. The smallest absolute Gasteiger partial charge is 0.129 e. The summed E-state index contributed by atoms with van der Waals surface area (Å²) < 4.78 is 11.8. The summed E-state index contributed by atoms with van der Waals surface area (Å²) in [4.78, 5) is 0. The van der Waals surface area contributed by atoms with Crippen LogP contribution in [0.15, 0.2) is 12.1 Å². The summed E-state index contributed by atoms with van der Waals surface area (Å²) in [7, 11) is 0. The molecule has 0 bridgehead atoms. The highest BCUT2D eigenvalue weighted by Crippen LogP contribution is 2.36. The molecule has 0 aromatic heterocycles. The number of hydrogen-bond acceptors (Lipinski definition) is 2. The lowest BCUT2D eigenvalue weighted by atomic mass is 10.0. The molecule has 1 aromatic rings. The van der Waals surface area contributed by atoms with Crippen LogP contribution in [0.5, 0.6) is 11.5 Å². The first kappa shape index (κ1) is 12.3. The van der Waals surface area contributed by atoms with Gasteiger partial charge in [0.25, 0.3) is 0 Å². The summed E-state index contributed by atoms with van der Waals surface area (Å²) in [5.74, 6) is 2.00. The van der Waals surface area contributed by atoms with E-state index in [1.54, 1.807) is 0 Å². The Labute approximate surface area is 104 Å². The first-order valence-corrected chi connectivity index (χ1v) is 6.48. The molecule has 2 nitrogen and oxygen atoms in total. The first-order valence-electron chi connectivity index (χ1n) is 6.48. The molecule has 2 heteroatoms. The molecule has 17 heavy (non-hydrogen) atoms. The minimum atomic E-state index is -0.117. The molecule has 1 heterocycles. The fourth-order valence-corrected chi connectivity index (χ4v) is 2.04. The topological polar surface area (TPSA) is 18.5 Å². The van der Waals surface area contributed by atoms with Crippen LogP contribution in [0, 0.1) is 6.92 Å². The molecule has 1 aliphatic heterocycles. The monoisotopic (exact) mass is 234 g/mol. The van der Waals surface area contributed by atoms with Crippen LogP contribution in [0.2, 0.25) is 0 Å². The molecule has 0 aliphatic carbocycles. The molecule has 0 saturated carbocycles. The van der Waals surface area contributed by atoms with Crippen LogP contribution < -0.4 is 9.47 Å². The second-order valence-electron chi connectivity index (χ2n) is 5.34. The van der Waals surface area contributed by atoms with Crippen LogP contribution in [-0.2, 0) is 6.42 Å². The van der Waals surface area contributed by atoms with Gasteiger partial charge in [-0.05, 0) is 51.7 Å². The SMILES string of the molecule is CCC(C)(C)Oc1ccc2c(c1C)OCCC2. The maximum Gasteiger partial charge on any atom is 0.129 e. The Morgan fingerprint density at radius 1 is 1.35 bits per heavy atom. The Morgan fingerprint density at radius 3 is 2.82 bits per heavy atom. The summed E-state index contributed by atoms with van der Waals surface area (Å²) in [5.41, 5.74) is 2.34. The van der Waals surface area contributed by atoms with Crippen molar-refractivity contribution in [3.05, 3.63) is 23.3 Å². The van der Waals surface area contributed by atoms with Crippen LogP contribution in [0.1, 0.15) is 44.7 Å². The number of aryl methyl sites for hydroxylation is 1. The second-order valence-corrected chi connectivity index (χ2v) is 5.34. The summed E-state index contributed by atoms with van der Waals surface area (Å²) in [6.45, 7) is 9.30. The summed E-state index contributed by atoms with van der Waals surface area (Å²) in [5, 5.41) is 0. The Balaban J connectivity index is 2.30. The van der Waals surface area contributed by atoms with Gasteiger partial charge in [-0.15, -0.1) is 0 Å². The lowest BCUT2D eigenvalue weighted by Gasteiger charge is -2.28. The van der Waals surface area contributed by atoms with Crippen molar-refractivity contribution in [2.75, 3.05) is 6.61 Å². The van der Waals surface area contributed by atoms with E-state index < -0.39 is 0 Å². The zero-order valence-electron chi connectivity index (χ0n) is 11.3. The van der Waals surface area contributed by atoms with E-state index in [0.717, 1.165) is 42.9 Å². The van der Waals surface area contributed by atoms with Crippen molar-refractivity contribution in [3.63, 3.8) is 0 Å². The van der Waals surface area contributed by atoms with E-state index >= 15 is 0 Å². The van der Waals surface area contributed by atoms with E-state index in [1.807, 2.05) is 0 Å². The van der Waals surface area contributed by atoms with Gasteiger partial charge in [0, 0.05) is 5.56 Å². The molecule has 0 radical (unpaired) electrons. The van der Waals surface area contributed by atoms with Crippen molar-refractivity contribution < 1.29 is 9.47 Å². The largest absolute Gasteiger partial charge is 0.493 e. The maximum atomic E-state index is 6.07. The number of rotatable bonds is 3. The highest BCUT2D eigenvalue weighted by atomic mass is 16.5. The Kier molecular flexibility index (Phi) is 3.32. The van der Waals surface area contributed by atoms with E-state index in [0.29, 0.717) is 0 Å². The predicted octanol–water partition coefficient (Wildman–Crippen LogP) is 3.89. The molecular weight excluding hydrogens is 212 g/mol. The summed E-state index contributed by atoms with van der Waals surface area (Å²) >= 11 is 0. The molecule has 0 saturated heterocycles. The highest BCUT2D eigenvalue weighted by molar-refractivity contribution is 5.50. The van der Waals surface area contributed by atoms with E-state index in [4.69, 9.17) is 9.47 Å². The van der Waals surface area contributed by atoms with Crippen molar-refractivity contribution in [2.45, 2.75) is 52.6 Å². The lowest BCUT2D eigenvalue weighted by molar-refractivity contribution is 0.103. The van der Waals surface area contributed by atoms with Gasteiger partial charge in [0.1, 0.15) is 17.1 Å². The quantitative estimate of drug-likeness (QED) is 0.790. The number of benzene rings is 1. The molecule has 0 spiro atoms. The normalized spacial score (nSPS) is 15.1. The van der Waals surface area contributed by atoms with Gasteiger partial charge >= 0.3 is 0 Å². The van der Waals surface area contributed by atoms with E-state index in [-0.39, 0.29) is 5.60 Å². The van der Waals surface area contributed by atoms with Crippen LogP contribution >= 0.6 is 0 Å². The third-order valence-electron chi connectivity index (χ3n) is 3.51. The number of ether oxygens (including phenoxy) is 2. The molecule has 0 amide bonds. The van der Waals surface area contributed by atoms with Gasteiger partial charge in [0.15, 0.2) is 0 Å². The summed E-state index contributed by atoms with van der Waals surface area (Å²) in [6.07, 6.45) is 3.23. The van der Waals surface area contributed by atoms with E-state index in [2.05, 4.69) is 39.8 Å². The van der Waals surface area contributed by atoms with Crippen molar-refractivity contribution in [1.29, 1.82) is 0 Å².